The van der Waals surface area contributed by atoms with Gasteiger partial charge in [-0.05, 0) is 42.5 Å². The Morgan fingerprint density at radius 2 is 1.43 bits per heavy atom. The summed E-state index contributed by atoms with van der Waals surface area (Å²) in [7, 11) is 0. The first kappa shape index (κ1) is 15.4. The summed E-state index contributed by atoms with van der Waals surface area (Å²) in [6.07, 6.45) is 4.65. The minimum Gasteiger partial charge on any atom is -0.504 e. The van der Waals surface area contributed by atoms with E-state index in [2.05, 4.69) is 26.0 Å². The quantitative estimate of drug-likeness (QED) is 0.689. The third-order valence-corrected chi connectivity index (χ3v) is 3.72. The summed E-state index contributed by atoms with van der Waals surface area (Å²) in [5, 5.41) is 9.88. The fraction of sp³-hybridized carbons (Fsp3) is 0.368. The molecule has 0 spiro atoms. The smallest absolute Gasteiger partial charge is 0.169 e. The van der Waals surface area contributed by atoms with Crippen molar-refractivity contribution in [1.29, 1.82) is 0 Å². The number of rotatable bonds is 7. The third kappa shape index (κ3) is 4.01. The van der Waals surface area contributed by atoms with Crippen LogP contribution in [0.4, 0.5) is 0 Å². The molecule has 2 rings (SSSR count). The van der Waals surface area contributed by atoms with E-state index < -0.39 is 0 Å². The predicted molar refractivity (Wildman–Crippen MR) is 87.2 cm³/mol. The van der Waals surface area contributed by atoms with Crippen molar-refractivity contribution in [3.05, 3.63) is 54.1 Å². The van der Waals surface area contributed by atoms with Crippen molar-refractivity contribution < 1.29 is 9.84 Å². The van der Waals surface area contributed by atoms with E-state index in [0.29, 0.717) is 11.7 Å². The molecule has 0 fully saturated rings. The summed E-state index contributed by atoms with van der Waals surface area (Å²) in [5.74, 6) is 2.06. The second-order valence-electron chi connectivity index (χ2n) is 5.38. The Labute approximate surface area is 127 Å². The largest absolute Gasteiger partial charge is 0.504 e. The molecule has 0 bridgehead atoms. The van der Waals surface area contributed by atoms with Gasteiger partial charge in [0.1, 0.15) is 5.75 Å². The van der Waals surface area contributed by atoms with Gasteiger partial charge in [-0.25, -0.2) is 0 Å². The summed E-state index contributed by atoms with van der Waals surface area (Å²) in [5.41, 5.74) is 1.24. The summed E-state index contributed by atoms with van der Waals surface area (Å²) in [4.78, 5) is 0. The number of aromatic hydroxyl groups is 1. The molecule has 0 heterocycles. The zero-order chi connectivity index (χ0) is 15.1. The van der Waals surface area contributed by atoms with Crippen molar-refractivity contribution in [2.24, 2.45) is 0 Å². The highest BCUT2D eigenvalue weighted by molar-refractivity contribution is 5.45. The first-order valence-corrected chi connectivity index (χ1v) is 7.81. The molecule has 0 aliphatic carbocycles. The summed E-state index contributed by atoms with van der Waals surface area (Å²) in [6.45, 7) is 4.43. The molecule has 21 heavy (non-hydrogen) atoms. The van der Waals surface area contributed by atoms with Gasteiger partial charge >= 0.3 is 0 Å². The average molecular weight is 284 g/mol. The molecular formula is C19H24O2. The second kappa shape index (κ2) is 7.72. The van der Waals surface area contributed by atoms with E-state index in [-0.39, 0.29) is 5.75 Å². The lowest BCUT2D eigenvalue weighted by Gasteiger charge is -2.20. The van der Waals surface area contributed by atoms with E-state index in [1.165, 1.54) is 5.56 Å². The van der Waals surface area contributed by atoms with Crippen LogP contribution >= 0.6 is 0 Å². The second-order valence-corrected chi connectivity index (χ2v) is 5.38. The lowest BCUT2D eigenvalue weighted by molar-refractivity contribution is 0.404. The van der Waals surface area contributed by atoms with Crippen LogP contribution in [0.15, 0.2) is 48.5 Å². The van der Waals surface area contributed by atoms with Gasteiger partial charge in [-0.3, -0.25) is 0 Å². The van der Waals surface area contributed by atoms with Crippen molar-refractivity contribution in [3.63, 3.8) is 0 Å². The predicted octanol–water partition coefficient (Wildman–Crippen LogP) is 5.87. The van der Waals surface area contributed by atoms with E-state index in [1.807, 2.05) is 18.2 Å². The van der Waals surface area contributed by atoms with E-state index in [4.69, 9.17) is 4.74 Å². The highest BCUT2D eigenvalue weighted by Crippen LogP contribution is 2.37. The maximum atomic E-state index is 9.88. The highest BCUT2D eigenvalue weighted by Gasteiger charge is 2.15. The molecule has 2 nitrogen and oxygen atoms in total. The van der Waals surface area contributed by atoms with Crippen LogP contribution in [0.5, 0.6) is 17.2 Å². The number of hydrogen-bond donors (Lipinski definition) is 1. The van der Waals surface area contributed by atoms with Gasteiger partial charge in [0.25, 0.3) is 0 Å². The Kier molecular flexibility index (Phi) is 5.68. The SMILES string of the molecule is CCCC(CCC)c1ccccc1Oc1ccccc1O. The van der Waals surface area contributed by atoms with Crippen LogP contribution < -0.4 is 4.74 Å². The van der Waals surface area contributed by atoms with E-state index >= 15 is 0 Å². The maximum absolute atomic E-state index is 9.88. The van der Waals surface area contributed by atoms with Crippen LogP contribution in [0, 0.1) is 0 Å². The molecular weight excluding hydrogens is 260 g/mol. The van der Waals surface area contributed by atoms with Gasteiger partial charge in [-0.2, -0.15) is 0 Å². The first-order valence-electron chi connectivity index (χ1n) is 7.81. The lowest BCUT2D eigenvalue weighted by Crippen LogP contribution is -2.01. The fourth-order valence-electron chi connectivity index (χ4n) is 2.72. The number of benzene rings is 2. The molecule has 2 aromatic carbocycles. The first-order chi connectivity index (χ1) is 10.3. The lowest BCUT2D eigenvalue weighted by atomic mass is 9.90. The van der Waals surface area contributed by atoms with Crippen molar-refractivity contribution >= 4 is 0 Å². The molecule has 1 N–H and O–H groups in total. The van der Waals surface area contributed by atoms with Crippen molar-refractivity contribution in [1.82, 2.24) is 0 Å². The van der Waals surface area contributed by atoms with Crippen LogP contribution in [-0.2, 0) is 0 Å². The molecule has 0 aliphatic rings. The summed E-state index contributed by atoms with van der Waals surface area (Å²) in [6, 6.07) is 15.3. The Hall–Kier alpha value is -1.96. The molecule has 0 atom stereocenters. The maximum Gasteiger partial charge on any atom is 0.169 e. The molecule has 112 valence electrons. The molecule has 0 amide bonds. The number of para-hydroxylation sites is 3. The average Bonchev–Trinajstić information content (AvgIpc) is 2.50. The topological polar surface area (TPSA) is 29.5 Å². The minimum atomic E-state index is 0.176. The molecule has 0 saturated carbocycles. The van der Waals surface area contributed by atoms with Crippen LogP contribution in [0.2, 0.25) is 0 Å². The Bertz CT molecular complexity index is 557. The van der Waals surface area contributed by atoms with Gasteiger partial charge in [0.05, 0.1) is 0 Å². The molecule has 0 unspecified atom stereocenters. The van der Waals surface area contributed by atoms with Crippen LogP contribution in [0.3, 0.4) is 0 Å². The fourth-order valence-corrected chi connectivity index (χ4v) is 2.72. The van der Waals surface area contributed by atoms with Gasteiger partial charge in [0.15, 0.2) is 11.5 Å². The van der Waals surface area contributed by atoms with E-state index in [9.17, 15) is 5.11 Å². The number of phenols is 1. The Balaban J connectivity index is 2.29. The van der Waals surface area contributed by atoms with Crippen molar-refractivity contribution in [2.45, 2.75) is 45.4 Å². The molecule has 0 radical (unpaired) electrons. The molecule has 0 saturated heterocycles. The van der Waals surface area contributed by atoms with Gasteiger partial charge in [0.2, 0.25) is 0 Å². The van der Waals surface area contributed by atoms with E-state index in [1.54, 1.807) is 18.2 Å². The van der Waals surface area contributed by atoms with Crippen molar-refractivity contribution in [3.8, 4) is 17.2 Å². The number of hydrogen-bond acceptors (Lipinski definition) is 2. The van der Waals surface area contributed by atoms with Crippen molar-refractivity contribution in [2.75, 3.05) is 0 Å². The zero-order valence-electron chi connectivity index (χ0n) is 12.9. The van der Waals surface area contributed by atoms with Gasteiger partial charge in [-0.15, -0.1) is 0 Å². The third-order valence-electron chi connectivity index (χ3n) is 3.72. The van der Waals surface area contributed by atoms with Gasteiger partial charge < -0.3 is 9.84 Å². The molecule has 2 aromatic rings. The standard InChI is InChI=1S/C19H24O2/c1-3-9-15(10-4-2)16-11-5-7-13-18(16)21-19-14-8-6-12-17(19)20/h5-8,11-15,20H,3-4,9-10H2,1-2H3. The number of phenolic OH excluding ortho intramolecular Hbond substituents is 1. The normalized spacial score (nSPS) is 10.8. The Morgan fingerprint density at radius 3 is 2.05 bits per heavy atom. The molecule has 0 aromatic heterocycles. The molecule has 2 heteroatoms. The number of ether oxygens (including phenoxy) is 1. The van der Waals surface area contributed by atoms with Gasteiger partial charge in [-0.1, -0.05) is 57.0 Å². The van der Waals surface area contributed by atoms with E-state index in [0.717, 1.165) is 31.4 Å². The van der Waals surface area contributed by atoms with Crippen LogP contribution in [0.25, 0.3) is 0 Å². The molecule has 0 aliphatic heterocycles. The van der Waals surface area contributed by atoms with Gasteiger partial charge in [0, 0.05) is 0 Å². The monoisotopic (exact) mass is 284 g/mol. The zero-order valence-corrected chi connectivity index (χ0v) is 12.9. The Morgan fingerprint density at radius 1 is 0.857 bits per heavy atom. The summed E-state index contributed by atoms with van der Waals surface area (Å²) < 4.78 is 5.96. The van der Waals surface area contributed by atoms with Crippen LogP contribution in [-0.4, -0.2) is 5.11 Å². The van der Waals surface area contributed by atoms with Crippen LogP contribution in [0.1, 0.15) is 51.0 Å². The minimum absolute atomic E-state index is 0.176. The summed E-state index contributed by atoms with van der Waals surface area (Å²) >= 11 is 0. The highest BCUT2D eigenvalue weighted by atomic mass is 16.5.